The van der Waals surface area contributed by atoms with Crippen LogP contribution in [-0.2, 0) is 42.9 Å². The fourth-order valence-corrected chi connectivity index (χ4v) is 7.35. The number of esters is 1. The molecule has 3 heterocycles. The molecule has 0 spiro atoms. The number of amides is 1. The average Bonchev–Trinajstić information content (AvgIpc) is 3.11. The number of fused-ring (bicyclic) bond motifs is 3. The third kappa shape index (κ3) is 12.5. The molecule has 0 saturated carbocycles. The molecule has 3 aliphatic heterocycles. The average molecular weight is 712 g/mol. The summed E-state index contributed by atoms with van der Waals surface area (Å²) in [4.78, 5) is 68.2. The van der Waals surface area contributed by atoms with E-state index in [2.05, 4.69) is 13.0 Å². The molecule has 9 atom stereocenters. The van der Waals surface area contributed by atoms with Crippen molar-refractivity contribution >= 4 is 29.2 Å². The summed E-state index contributed by atoms with van der Waals surface area (Å²) in [6.45, 7) is 11.7. The minimum atomic E-state index is -0.910. The van der Waals surface area contributed by atoms with Crippen molar-refractivity contribution in [2.24, 2.45) is 23.7 Å². The molecule has 0 N–H and O–H groups in total. The summed E-state index contributed by atoms with van der Waals surface area (Å²) in [5, 5.41) is 0. The third-order valence-corrected chi connectivity index (χ3v) is 10.6. The molecule has 0 aliphatic carbocycles. The topological polar surface area (TPSA) is 126 Å². The second-order valence-corrected chi connectivity index (χ2v) is 14.9. The molecular formula is C41H61NO9. The fourth-order valence-electron chi connectivity index (χ4n) is 7.35. The summed E-state index contributed by atoms with van der Waals surface area (Å²) < 4.78 is 23.2. The Morgan fingerprint density at radius 3 is 2.27 bits per heavy atom. The van der Waals surface area contributed by atoms with Gasteiger partial charge in [-0.05, 0) is 69.8 Å². The zero-order valence-corrected chi connectivity index (χ0v) is 32.1. The van der Waals surface area contributed by atoms with Crippen molar-refractivity contribution in [3.63, 3.8) is 0 Å². The number of hydrogen-bond acceptors (Lipinski definition) is 9. The number of hydrogen-bond donors (Lipinski definition) is 0. The monoisotopic (exact) mass is 711 g/mol. The molecule has 0 aromatic heterocycles. The lowest BCUT2D eigenvalue weighted by molar-refractivity contribution is -0.167. The zero-order valence-electron chi connectivity index (χ0n) is 32.1. The number of ether oxygens (including phenoxy) is 4. The maximum Gasteiger partial charge on any atom is 0.328 e. The minimum Gasteiger partial charge on any atom is -0.464 e. The van der Waals surface area contributed by atoms with Gasteiger partial charge in [-0.25, -0.2) is 4.79 Å². The van der Waals surface area contributed by atoms with E-state index in [1.807, 2.05) is 58.1 Å². The number of nitrogens with zero attached hydrogens (tertiary/aromatic N) is 1. The highest BCUT2D eigenvalue weighted by atomic mass is 16.5. The molecule has 2 bridgehead atoms. The highest BCUT2D eigenvalue weighted by Gasteiger charge is 2.43. The lowest BCUT2D eigenvalue weighted by atomic mass is 9.88. The van der Waals surface area contributed by atoms with Crippen LogP contribution in [0.3, 0.4) is 0 Å². The summed E-state index contributed by atoms with van der Waals surface area (Å²) in [7, 11) is 3.18. The molecule has 3 rings (SSSR count). The number of cyclic esters (lactones) is 1. The lowest BCUT2D eigenvalue weighted by Crippen LogP contribution is -2.54. The maximum absolute atomic E-state index is 13.7. The molecule has 2 fully saturated rings. The van der Waals surface area contributed by atoms with Crippen molar-refractivity contribution in [3.05, 3.63) is 47.6 Å². The smallest absolute Gasteiger partial charge is 0.328 e. The Bertz CT molecular complexity index is 1350. The van der Waals surface area contributed by atoms with Gasteiger partial charge in [-0.15, -0.1) is 0 Å². The standard InChI is InChI=1S/C41H61NO9/c1-26-14-10-9-11-15-28(3)35(48-7)25-32-18-17-29(4)39(51-32)38(45)40(46)42-20-13-12-16-33(42)41(47)50-21-19-34(43)30(5)23-27(2)24-36(49-8)37(44)31(6)22-26/h9-11,14-15,23,26,29-33,35-36,39H,12-13,16-22,24-25H2,1-8H3. The van der Waals surface area contributed by atoms with Crippen LogP contribution in [0.15, 0.2) is 47.6 Å². The Morgan fingerprint density at radius 2 is 1.57 bits per heavy atom. The van der Waals surface area contributed by atoms with Gasteiger partial charge in [0.25, 0.3) is 5.91 Å². The summed E-state index contributed by atoms with van der Waals surface area (Å²) in [5.41, 5.74) is 1.87. The van der Waals surface area contributed by atoms with E-state index in [0.29, 0.717) is 32.1 Å². The quantitative estimate of drug-likeness (QED) is 0.184. The van der Waals surface area contributed by atoms with E-state index in [1.54, 1.807) is 14.0 Å². The molecule has 284 valence electrons. The van der Waals surface area contributed by atoms with Crippen LogP contribution < -0.4 is 0 Å². The third-order valence-electron chi connectivity index (χ3n) is 10.6. The van der Waals surface area contributed by atoms with Crippen molar-refractivity contribution in [2.45, 2.75) is 130 Å². The van der Waals surface area contributed by atoms with Crippen LogP contribution in [0, 0.1) is 23.7 Å². The van der Waals surface area contributed by atoms with E-state index in [4.69, 9.17) is 18.9 Å². The highest BCUT2D eigenvalue weighted by molar-refractivity contribution is 6.38. The summed E-state index contributed by atoms with van der Waals surface area (Å²) in [6.07, 6.45) is 14.6. The van der Waals surface area contributed by atoms with Crippen LogP contribution in [0.2, 0.25) is 0 Å². The maximum atomic E-state index is 13.7. The Hall–Kier alpha value is -3.21. The van der Waals surface area contributed by atoms with Crippen LogP contribution in [0.4, 0.5) is 0 Å². The molecule has 3 aliphatic rings. The van der Waals surface area contributed by atoms with Crippen LogP contribution in [0.5, 0.6) is 0 Å². The number of piperidine rings is 1. The largest absolute Gasteiger partial charge is 0.464 e. The Labute approximate surface area is 305 Å². The molecule has 10 nitrogen and oxygen atoms in total. The number of allylic oxidation sites excluding steroid dienone is 6. The molecular weight excluding hydrogens is 650 g/mol. The first-order valence-electron chi connectivity index (χ1n) is 18.7. The van der Waals surface area contributed by atoms with Gasteiger partial charge in [0.05, 0.1) is 18.8 Å². The van der Waals surface area contributed by atoms with Gasteiger partial charge in [-0.2, -0.15) is 0 Å². The molecule has 1 amide bonds. The number of methoxy groups -OCH3 is 2. The van der Waals surface area contributed by atoms with E-state index in [9.17, 15) is 24.0 Å². The fraction of sp³-hybridized carbons (Fsp3) is 0.683. The number of rotatable bonds is 2. The van der Waals surface area contributed by atoms with Crippen molar-refractivity contribution in [1.82, 2.24) is 4.90 Å². The number of carbonyl (C=O) groups is 5. The Kier molecular flexibility index (Phi) is 17.2. The highest BCUT2D eigenvalue weighted by Crippen LogP contribution is 2.31. The van der Waals surface area contributed by atoms with Gasteiger partial charge in [0, 0.05) is 51.9 Å². The predicted molar refractivity (Wildman–Crippen MR) is 196 cm³/mol. The predicted octanol–water partition coefficient (Wildman–Crippen LogP) is 6.32. The van der Waals surface area contributed by atoms with Gasteiger partial charge in [-0.3, -0.25) is 19.2 Å². The van der Waals surface area contributed by atoms with Crippen LogP contribution in [0.25, 0.3) is 0 Å². The zero-order chi connectivity index (χ0) is 37.7. The second-order valence-electron chi connectivity index (χ2n) is 14.9. The Morgan fingerprint density at radius 1 is 0.843 bits per heavy atom. The summed E-state index contributed by atoms with van der Waals surface area (Å²) in [6, 6.07) is -0.891. The van der Waals surface area contributed by atoms with E-state index in [0.717, 1.165) is 30.4 Å². The second kappa shape index (κ2) is 20.7. The molecule has 0 radical (unpaired) electrons. The molecule has 10 heteroatoms. The SMILES string of the molecule is COC1CC(C)=CC(C)C(=O)CCOC(=O)C2CCCCN2C(=O)C(=O)C2OC(CCC2C)CC(OC)C(C)=CC=CC=CC(C)CC(C)C1=O. The van der Waals surface area contributed by atoms with Gasteiger partial charge in [0.1, 0.15) is 24.0 Å². The molecule has 9 unspecified atom stereocenters. The van der Waals surface area contributed by atoms with E-state index in [1.165, 1.54) is 12.0 Å². The van der Waals surface area contributed by atoms with Gasteiger partial charge < -0.3 is 23.8 Å². The van der Waals surface area contributed by atoms with Crippen molar-refractivity contribution in [2.75, 3.05) is 27.4 Å². The summed E-state index contributed by atoms with van der Waals surface area (Å²) >= 11 is 0. The van der Waals surface area contributed by atoms with Gasteiger partial charge in [0.15, 0.2) is 5.78 Å². The molecule has 0 aromatic rings. The van der Waals surface area contributed by atoms with E-state index >= 15 is 0 Å². The van der Waals surface area contributed by atoms with E-state index in [-0.39, 0.29) is 61.1 Å². The molecule has 0 aromatic carbocycles. The van der Waals surface area contributed by atoms with Crippen molar-refractivity contribution in [1.29, 1.82) is 0 Å². The Balaban J connectivity index is 1.84. The van der Waals surface area contributed by atoms with Crippen LogP contribution in [0.1, 0.15) is 99.3 Å². The first-order valence-corrected chi connectivity index (χ1v) is 18.7. The van der Waals surface area contributed by atoms with Crippen LogP contribution >= 0.6 is 0 Å². The van der Waals surface area contributed by atoms with E-state index < -0.39 is 41.8 Å². The number of carbonyl (C=O) groups excluding carboxylic acids is 5. The molecule has 51 heavy (non-hydrogen) atoms. The van der Waals surface area contributed by atoms with Gasteiger partial charge in [0.2, 0.25) is 5.78 Å². The minimum absolute atomic E-state index is 0.00645. The number of Topliss-reactive ketones (excluding diaryl/α,β-unsaturated/α-hetero) is 3. The van der Waals surface area contributed by atoms with Crippen molar-refractivity contribution < 1.29 is 42.9 Å². The first kappa shape index (κ1) is 42.2. The first-order chi connectivity index (χ1) is 24.3. The number of ketones is 3. The lowest BCUT2D eigenvalue weighted by Gasteiger charge is -2.38. The van der Waals surface area contributed by atoms with Gasteiger partial charge >= 0.3 is 5.97 Å². The van der Waals surface area contributed by atoms with Crippen LogP contribution in [-0.4, -0.2) is 92.0 Å². The van der Waals surface area contributed by atoms with Gasteiger partial charge in [-0.1, -0.05) is 69.7 Å². The normalized spacial score (nSPS) is 33.7. The summed E-state index contributed by atoms with van der Waals surface area (Å²) in [5.74, 6) is -2.71. The molecule has 2 saturated heterocycles. The van der Waals surface area contributed by atoms with Crippen molar-refractivity contribution in [3.8, 4) is 0 Å².